The molecule has 1 amide bonds. The Hall–Kier alpha value is -2.95. The molecule has 0 spiro atoms. The first-order valence-corrected chi connectivity index (χ1v) is 8.39. The van der Waals surface area contributed by atoms with Gasteiger partial charge in [-0.25, -0.2) is 9.50 Å². The molecule has 25 heavy (non-hydrogen) atoms. The highest BCUT2D eigenvalue weighted by molar-refractivity contribution is 6.19. The van der Waals surface area contributed by atoms with E-state index in [0.717, 1.165) is 23.4 Å². The van der Waals surface area contributed by atoms with Crippen LogP contribution < -0.4 is 0 Å². The molecule has 0 aliphatic heterocycles. The van der Waals surface area contributed by atoms with Crippen molar-refractivity contribution in [1.29, 1.82) is 0 Å². The van der Waals surface area contributed by atoms with Crippen molar-refractivity contribution < 1.29 is 4.79 Å². The third kappa shape index (κ3) is 3.18. The monoisotopic (exact) mass is 334 g/mol. The minimum absolute atomic E-state index is 0.107. The van der Waals surface area contributed by atoms with Gasteiger partial charge in [-0.3, -0.25) is 4.79 Å². The molecule has 0 saturated heterocycles. The van der Waals surface area contributed by atoms with Crippen LogP contribution in [0, 0.1) is 6.92 Å². The molecule has 1 aromatic carbocycles. The van der Waals surface area contributed by atoms with Gasteiger partial charge in [-0.1, -0.05) is 43.8 Å². The Morgan fingerprint density at radius 3 is 2.60 bits per heavy atom. The number of likely N-dealkylation sites (N-methyl/N-ethyl adjacent to an activating group) is 1. The smallest absolute Gasteiger partial charge is 0.255 e. The fourth-order valence-electron chi connectivity index (χ4n) is 2.86. The van der Waals surface area contributed by atoms with E-state index in [1.54, 1.807) is 16.5 Å². The lowest BCUT2D eigenvalue weighted by Gasteiger charge is -2.18. The zero-order valence-corrected chi connectivity index (χ0v) is 14.9. The third-order valence-electron chi connectivity index (χ3n) is 4.11. The summed E-state index contributed by atoms with van der Waals surface area (Å²) in [6.07, 6.45) is 0.894. The Morgan fingerprint density at radius 1 is 1.20 bits per heavy atom. The van der Waals surface area contributed by atoms with E-state index in [4.69, 9.17) is 4.98 Å². The predicted molar refractivity (Wildman–Crippen MR) is 100 cm³/mol. The van der Waals surface area contributed by atoms with Crippen LogP contribution in [-0.2, 0) is 4.79 Å². The van der Waals surface area contributed by atoms with Gasteiger partial charge in [0.1, 0.15) is 5.69 Å². The molecule has 0 aliphatic carbocycles. The van der Waals surface area contributed by atoms with Gasteiger partial charge >= 0.3 is 0 Å². The molecule has 2 heterocycles. The average Bonchev–Trinajstić information content (AvgIpc) is 3.00. The number of imidazole rings is 1. The summed E-state index contributed by atoms with van der Waals surface area (Å²) >= 11 is 0. The summed E-state index contributed by atoms with van der Waals surface area (Å²) in [4.78, 5) is 19.2. The first-order chi connectivity index (χ1) is 12.0. The highest BCUT2D eigenvalue weighted by atomic mass is 16.2. The second kappa shape index (κ2) is 6.89. The van der Waals surface area contributed by atoms with Gasteiger partial charge < -0.3 is 4.90 Å². The van der Waals surface area contributed by atoms with E-state index in [1.165, 1.54) is 0 Å². The molecule has 128 valence electrons. The van der Waals surface area contributed by atoms with E-state index >= 15 is 0 Å². The lowest BCUT2D eigenvalue weighted by atomic mass is 10.1. The molecular weight excluding hydrogens is 312 g/mol. The van der Waals surface area contributed by atoms with Crippen LogP contribution >= 0.6 is 0 Å². The molecule has 0 atom stereocenters. The quantitative estimate of drug-likeness (QED) is 0.670. The van der Waals surface area contributed by atoms with E-state index in [2.05, 4.69) is 11.7 Å². The van der Waals surface area contributed by atoms with Crippen LogP contribution in [0.5, 0.6) is 0 Å². The molecule has 0 N–H and O–H groups in total. The van der Waals surface area contributed by atoms with E-state index in [9.17, 15) is 4.79 Å². The second-order valence-corrected chi connectivity index (χ2v) is 6.13. The summed E-state index contributed by atoms with van der Waals surface area (Å²) in [5.41, 5.74) is 4.27. The molecule has 3 rings (SSSR count). The zero-order valence-electron chi connectivity index (χ0n) is 14.9. The van der Waals surface area contributed by atoms with Crippen molar-refractivity contribution in [1.82, 2.24) is 19.5 Å². The number of nitrogens with zero attached hydrogens (tertiary/aromatic N) is 4. The average molecular weight is 334 g/mol. The SMILES string of the molecule is C=C(C(=O)N(C)CCC)c1c(-c2ccccc2)nc2ccc(C)nn12. The van der Waals surface area contributed by atoms with Crippen LogP contribution in [0.15, 0.2) is 49.0 Å². The molecular formula is C20H22N4O. The Kier molecular flexibility index (Phi) is 4.65. The minimum Gasteiger partial charge on any atom is -0.342 e. The second-order valence-electron chi connectivity index (χ2n) is 6.13. The zero-order chi connectivity index (χ0) is 18.0. The number of aryl methyl sites for hydroxylation is 1. The lowest BCUT2D eigenvalue weighted by Crippen LogP contribution is -2.28. The van der Waals surface area contributed by atoms with Crippen molar-refractivity contribution in [2.75, 3.05) is 13.6 Å². The number of benzene rings is 1. The Morgan fingerprint density at radius 2 is 1.92 bits per heavy atom. The highest BCUT2D eigenvalue weighted by Crippen LogP contribution is 2.29. The standard InChI is InChI=1S/C20H22N4O/c1-5-13-23(4)20(25)15(3)19-18(16-9-7-6-8-10-16)21-17-12-11-14(2)22-24(17)19/h6-12H,3,5,13H2,1-2,4H3. The van der Waals surface area contributed by atoms with Crippen LogP contribution in [0.2, 0.25) is 0 Å². The minimum atomic E-state index is -0.107. The largest absolute Gasteiger partial charge is 0.342 e. The summed E-state index contributed by atoms with van der Waals surface area (Å²) in [5.74, 6) is -0.107. The number of fused-ring (bicyclic) bond motifs is 1. The Bertz CT molecular complexity index is 928. The summed E-state index contributed by atoms with van der Waals surface area (Å²) < 4.78 is 1.72. The number of carbonyl (C=O) groups excluding carboxylic acids is 1. The normalized spacial score (nSPS) is 10.8. The maximum atomic E-state index is 12.8. The fourth-order valence-corrected chi connectivity index (χ4v) is 2.86. The molecule has 0 bridgehead atoms. The van der Waals surface area contributed by atoms with Crippen LogP contribution in [-0.4, -0.2) is 39.0 Å². The van der Waals surface area contributed by atoms with Crippen molar-refractivity contribution in [2.45, 2.75) is 20.3 Å². The van der Waals surface area contributed by atoms with Crippen molar-refractivity contribution in [3.63, 3.8) is 0 Å². The van der Waals surface area contributed by atoms with Crippen LogP contribution in [0.3, 0.4) is 0 Å². The lowest BCUT2D eigenvalue weighted by molar-refractivity contribution is -0.123. The summed E-state index contributed by atoms with van der Waals surface area (Å²) in [6, 6.07) is 13.6. The van der Waals surface area contributed by atoms with Crippen molar-refractivity contribution >= 4 is 17.1 Å². The van der Waals surface area contributed by atoms with E-state index in [-0.39, 0.29) is 5.91 Å². The van der Waals surface area contributed by atoms with E-state index < -0.39 is 0 Å². The highest BCUT2D eigenvalue weighted by Gasteiger charge is 2.23. The van der Waals surface area contributed by atoms with Gasteiger partial charge in [0.25, 0.3) is 5.91 Å². The first kappa shape index (κ1) is 16.9. The van der Waals surface area contributed by atoms with Gasteiger partial charge in [-0.15, -0.1) is 0 Å². The maximum Gasteiger partial charge on any atom is 0.255 e. The number of hydrogen-bond acceptors (Lipinski definition) is 3. The van der Waals surface area contributed by atoms with Gasteiger partial charge in [0, 0.05) is 19.2 Å². The van der Waals surface area contributed by atoms with Gasteiger partial charge in [0.15, 0.2) is 5.65 Å². The summed E-state index contributed by atoms with van der Waals surface area (Å²) in [7, 11) is 1.79. The topological polar surface area (TPSA) is 50.5 Å². The number of carbonyl (C=O) groups is 1. The van der Waals surface area contributed by atoms with E-state index in [1.807, 2.05) is 56.3 Å². The van der Waals surface area contributed by atoms with Crippen molar-refractivity contribution in [3.8, 4) is 11.3 Å². The molecule has 2 aromatic heterocycles. The molecule has 0 unspecified atom stereocenters. The van der Waals surface area contributed by atoms with Gasteiger partial charge in [-0.2, -0.15) is 5.10 Å². The predicted octanol–water partition coefficient (Wildman–Crippen LogP) is 3.59. The fraction of sp³-hybridized carbons (Fsp3) is 0.250. The number of hydrogen-bond donors (Lipinski definition) is 0. The van der Waals surface area contributed by atoms with Crippen LogP contribution in [0.25, 0.3) is 22.5 Å². The number of aromatic nitrogens is 3. The number of amides is 1. The number of rotatable bonds is 5. The van der Waals surface area contributed by atoms with E-state index in [0.29, 0.717) is 23.5 Å². The summed E-state index contributed by atoms with van der Waals surface area (Å²) in [6.45, 7) is 8.72. The van der Waals surface area contributed by atoms with Gasteiger partial charge in [0.2, 0.25) is 0 Å². The maximum absolute atomic E-state index is 12.8. The Balaban J connectivity index is 2.19. The molecule has 0 aliphatic rings. The summed E-state index contributed by atoms with van der Waals surface area (Å²) in [5, 5.41) is 4.55. The van der Waals surface area contributed by atoms with Crippen molar-refractivity contribution in [3.05, 3.63) is 60.4 Å². The molecule has 5 nitrogen and oxygen atoms in total. The third-order valence-corrected chi connectivity index (χ3v) is 4.11. The van der Waals surface area contributed by atoms with Crippen LogP contribution in [0.4, 0.5) is 0 Å². The molecule has 3 aromatic rings. The van der Waals surface area contributed by atoms with Gasteiger partial charge in [0.05, 0.1) is 17.0 Å². The van der Waals surface area contributed by atoms with Gasteiger partial charge in [-0.05, 0) is 25.5 Å². The first-order valence-electron chi connectivity index (χ1n) is 8.39. The Labute approximate surface area is 147 Å². The van der Waals surface area contributed by atoms with Crippen LogP contribution in [0.1, 0.15) is 24.7 Å². The molecule has 0 saturated carbocycles. The molecule has 0 radical (unpaired) electrons. The molecule has 0 fully saturated rings. The van der Waals surface area contributed by atoms with Crippen molar-refractivity contribution in [2.24, 2.45) is 0 Å². The molecule has 5 heteroatoms.